The highest BCUT2D eigenvalue weighted by molar-refractivity contribution is 4.91. The van der Waals surface area contributed by atoms with E-state index in [0.29, 0.717) is 18.9 Å². The Morgan fingerprint density at radius 3 is 2.60 bits per heavy atom. The maximum atomic E-state index is 9.01. The average molecular weight is 211 g/mol. The molecule has 0 aromatic rings. The van der Waals surface area contributed by atoms with Crippen LogP contribution in [-0.4, -0.2) is 24.4 Å². The predicted octanol–water partition coefficient (Wildman–Crippen LogP) is 2.10. The molecule has 0 heterocycles. The van der Waals surface area contributed by atoms with Crippen molar-refractivity contribution in [1.29, 1.82) is 5.26 Å². The van der Waals surface area contributed by atoms with E-state index in [9.17, 15) is 0 Å². The van der Waals surface area contributed by atoms with Crippen LogP contribution in [0, 0.1) is 23.2 Å². The zero-order chi connectivity index (χ0) is 11.1. The zero-order valence-corrected chi connectivity index (χ0v) is 9.48. The van der Waals surface area contributed by atoms with Gasteiger partial charge in [-0.1, -0.05) is 19.8 Å². The van der Waals surface area contributed by atoms with Gasteiger partial charge in [0.05, 0.1) is 12.7 Å². The third-order valence-electron chi connectivity index (χ3n) is 3.22. The average Bonchev–Trinajstić information content (AvgIpc) is 2.26. The fourth-order valence-corrected chi connectivity index (χ4v) is 2.14. The van der Waals surface area contributed by atoms with Crippen LogP contribution in [0.3, 0.4) is 0 Å². The summed E-state index contributed by atoms with van der Waals surface area (Å²) in [6.45, 7) is 2.91. The number of ether oxygens (including phenoxy) is 1. The van der Waals surface area contributed by atoms with E-state index >= 15 is 0 Å². The molecule has 0 bridgehead atoms. The summed E-state index contributed by atoms with van der Waals surface area (Å²) in [4.78, 5) is 0. The molecule has 0 spiro atoms. The van der Waals surface area contributed by atoms with Gasteiger partial charge in [0.2, 0.25) is 0 Å². The molecule has 0 radical (unpaired) electrons. The van der Waals surface area contributed by atoms with Crippen LogP contribution < -0.4 is 0 Å². The lowest BCUT2D eigenvalue weighted by atomic mass is 9.80. The van der Waals surface area contributed by atoms with Crippen molar-refractivity contribution in [2.75, 3.05) is 13.2 Å². The van der Waals surface area contributed by atoms with Crippen LogP contribution in [0.1, 0.15) is 39.0 Å². The van der Waals surface area contributed by atoms with Crippen LogP contribution in [0.4, 0.5) is 0 Å². The predicted molar refractivity (Wildman–Crippen MR) is 58.2 cm³/mol. The van der Waals surface area contributed by atoms with Crippen LogP contribution in [0.25, 0.3) is 0 Å². The Morgan fingerprint density at radius 2 is 2.07 bits per heavy atom. The van der Waals surface area contributed by atoms with Gasteiger partial charge in [-0.25, -0.2) is 0 Å². The van der Waals surface area contributed by atoms with Crippen molar-refractivity contribution in [2.45, 2.75) is 45.1 Å². The second-order valence-corrected chi connectivity index (χ2v) is 4.52. The summed E-state index contributed by atoms with van der Waals surface area (Å²) >= 11 is 0. The fraction of sp³-hybridized carbons (Fsp3) is 0.917. The quantitative estimate of drug-likeness (QED) is 0.708. The van der Waals surface area contributed by atoms with Gasteiger partial charge in [0, 0.05) is 6.61 Å². The van der Waals surface area contributed by atoms with Crippen molar-refractivity contribution in [3.63, 3.8) is 0 Å². The number of nitrogens with zero attached hydrogens (tertiary/aromatic N) is 1. The van der Waals surface area contributed by atoms with Gasteiger partial charge in [-0.2, -0.15) is 5.26 Å². The molecule has 1 unspecified atom stereocenters. The molecular weight excluding hydrogens is 190 g/mol. The Bertz CT molecular complexity index is 204. The summed E-state index contributed by atoms with van der Waals surface area (Å²) in [5.74, 6) is 1.21. The third kappa shape index (κ3) is 4.19. The van der Waals surface area contributed by atoms with Crippen molar-refractivity contribution in [2.24, 2.45) is 11.8 Å². The molecule has 1 saturated carbocycles. The summed E-state index contributed by atoms with van der Waals surface area (Å²) < 4.78 is 5.49. The Hall–Kier alpha value is -0.590. The second kappa shape index (κ2) is 6.81. The van der Waals surface area contributed by atoms with E-state index in [1.54, 1.807) is 0 Å². The van der Waals surface area contributed by atoms with Crippen molar-refractivity contribution in [3.8, 4) is 6.07 Å². The van der Waals surface area contributed by atoms with Crippen LogP contribution in [0.2, 0.25) is 0 Å². The second-order valence-electron chi connectivity index (χ2n) is 4.52. The Kier molecular flexibility index (Phi) is 5.67. The van der Waals surface area contributed by atoms with Crippen molar-refractivity contribution >= 4 is 0 Å². The van der Waals surface area contributed by atoms with Crippen molar-refractivity contribution in [1.82, 2.24) is 0 Å². The lowest BCUT2D eigenvalue weighted by molar-refractivity contribution is 0.0253. The first-order valence-corrected chi connectivity index (χ1v) is 5.90. The van der Waals surface area contributed by atoms with Crippen LogP contribution in [0.5, 0.6) is 0 Å². The highest BCUT2D eigenvalue weighted by Crippen LogP contribution is 2.31. The van der Waals surface area contributed by atoms with Crippen LogP contribution in [0.15, 0.2) is 0 Å². The Balaban J connectivity index is 2.28. The molecule has 1 atom stereocenters. The van der Waals surface area contributed by atoms with Gasteiger partial charge >= 0.3 is 0 Å². The number of aliphatic hydroxyl groups excluding tert-OH is 1. The molecule has 15 heavy (non-hydrogen) atoms. The first-order valence-electron chi connectivity index (χ1n) is 5.90. The summed E-state index contributed by atoms with van der Waals surface area (Å²) in [5, 5.41) is 17.6. The highest BCUT2D eigenvalue weighted by Gasteiger charge is 2.26. The Labute approximate surface area is 92.0 Å². The number of hydrogen-bond donors (Lipinski definition) is 1. The normalized spacial score (nSPS) is 28.3. The van der Waals surface area contributed by atoms with Gasteiger partial charge in [-0.05, 0) is 31.1 Å². The van der Waals surface area contributed by atoms with E-state index < -0.39 is 0 Å². The van der Waals surface area contributed by atoms with E-state index in [4.69, 9.17) is 15.1 Å². The SMILES string of the molecule is CC1CCC(C(C#N)OCCCO)CC1. The Morgan fingerprint density at radius 1 is 1.40 bits per heavy atom. The molecule has 0 saturated heterocycles. The molecule has 3 nitrogen and oxygen atoms in total. The maximum Gasteiger partial charge on any atom is 0.146 e. The molecule has 0 aliphatic heterocycles. The minimum absolute atomic E-state index is 0.139. The monoisotopic (exact) mass is 211 g/mol. The maximum absolute atomic E-state index is 9.01. The van der Waals surface area contributed by atoms with Gasteiger partial charge in [0.25, 0.3) is 0 Å². The van der Waals surface area contributed by atoms with E-state index in [0.717, 1.165) is 18.8 Å². The molecule has 1 rings (SSSR count). The van der Waals surface area contributed by atoms with Gasteiger partial charge < -0.3 is 9.84 Å². The van der Waals surface area contributed by atoms with Crippen molar-refractivity contribution in [3.05, 3.63) is 0 Å². The molecule has 1 fully saturated rings. The summed E-state index contributed by atoms with van der Waals surface area (Å²) in [7, 11) is 0. The van der Waals surface area contributed by atoms with Gasteiger partial charge in [0.15, 0.2) is 0 Å². The topological polar surface area (TPSA) is 53.2 Å². The molecule has 0 aromatic heterocycles. The van der Waals surface area contributed by atoms with E-state index in [2.05, 4.69) is 13.0 Å². The summed E-state index contributed by atoms with van der Waals surface area (Å²) in [6, 6.07) is 2.24. The van der Waals surface area contributed by atoms with E-state index in [-0.39, 0.29) is 12.7 Å². The van der Waals surface area contributed by atoms with Crippen LogP contribution in [-0.2, 0) is 4.74 Å². The van der Waals surface area contributed by atoms with E-state index in [1.165, 1.54) is 12.8 Å². The minimum atomic E-state index is -0.260. The minimum Gasteiger partial charge on any atom is -0.396 e. The number of aliphatic hydroxyl groups is 1. The van der Waals surface area contributed by atoms with Crippen LogP contribution >= 0.6 is 0 Å². The summed E-state index contributed by atoms with van der Waals surface area (Å²) in [6.07, 6.45) is 5.01. The lowest BCUT2D eigenvalue weighted by Gasteiger charge is -2.29. The van der Waals surface area contributed by atoms with Crippen molar-refractivity contribution < 1.29 is 9.84 Å². The highest BCUT2D eigenvalue weighted by atomic mass is 16.5. The third-order valence-corrected chi connectivity index (χ3v) is 3.22. The van der Waals surface area contributed by atoms with E-state index in [1.807, 2.05) is 0 Å². The molecule has 1 aliphatic rings. The van der Waals surface area contributed by atoms with Gasteiger partial charge in [-0.15, -0.1) is 0 Å². The molecule has 3 heteroatoms. The van der Waals surface area contributed by atoms with Gasteiger partial charge in [-0.3, -0.25) is 0 Å². The molecule has 1 aliphatic carbocycles. The summed E-state index contributed by atoms with van der Waals surface area (Å²) in [5.41, 5.74) is 0. The standard InChI is InChI=1S/C12H21NO2/c1-10-3-5-11(6-4-10)12(9-13)15-8-2-7-14/h10-12,14H,2-8H2,1H3. The smallest absolute Gasteiger partial charge is 0.146 e. The molecule has 86 valence electrons. The number of hydrogen-bond acceptors (Lipinski definition) is 3. The molecule has 0 amide bonds. The first-order chi connectivity index (χ1) is 7.27. The molecular formula is C12H21NO2. The lowest BCUT2D eigenvalue weighted by Crippen LogP contribution is -2.27. The number of nitriles is 1. The molecule has 0 aromatic carbocycles. The van der Waals surface area contributed by atoms with Gasteiger partial charge in [0.1, 0.15) is 6.10 Å². The zero-order valence-electron chi connectivity index (χ0n) is 9.48. The largest absolute Gasteiger partial charge is 0.396 e. The fourth-order valence-electron chi connectivity index (χ4n) is 2.14. The first kappa shape index (κ1) is 12.5. The number of rotatable bonds is 5. The molecule has 1 N–H and O–H groups in total.